The van der Waals surface area contributed by atoms with Gasteiger partial charge in [-0.3, -0.25) is 10.3 Å². The van der Waals surface area contributed by atoms with E-state index >= 15 is 0 Å². The monoisotopic (exact) mass is 462 g/mol. The van der Waals surface area contributed by atoms with E-state index in [-0.39, 0.29) is 13.2 Å². The van der Waals surface area contributed by atoms with Crippen LogP contribution in [-0.2, 0) is 4.74 Å². The number of benzene rings is 1. The van der Waals surface area contributed by atoms with Crippen LogP contribution in [0.3, 0.4) is 0 Å². The van der Waals surface area contributed by atoms with Gasteiger partial charge in [-0.2, -0.15) is 4.99 Å². The molecule has 32 heavy (non-hydrogen) atoms. The molecule has 10 heteroatoms. The van der Waals surface area contributed by atoms with E-state index < -0.39 is 5.91 Å². The lowest BCUT2D eigenvalue weighted by atomic mass is 10.1. The molecule has 0 amide bonds. The number of hydrogen-bond donors (Lipinski definition) is 5. The van der Waals surface area contributed by atoms with Crippen LogP contribution in [0.2, 0.25) is 0 Å². The van der Waals surface area contributed by atoms with Gasteiger partial charge in [-0.1, -0.05) is 18.2 Å². The average Bonchev–Trinajstić information content (AvgIpc) is 2.83. The Labute approximate surface area is 193 Å². The minimum atomic E-state index is -1.20. The number of nitrogens with one attached hydrogen (secondary N) is 2. The molecule has 0 saturated heterocycles. The first kappa shape index (κ1) is 25.6. The molecule has 0 radical (unpaired) electrons. The molecule has 6 N–H and O–H groups in total. The van der Waals surface area contributed by atoms with Gasteiger partial charge in [-0.05, 0) is 43.7 Å². The number of methoxy groups -OCH3 is 1. The molecule has 0 aliphatic carbocycles. The highest BCUT2D eigenvalue weighted by Gasteiger charge is 2.41. The molecule has 174 valence electrons. The smallest absolute Gasteiger partial charge is 0.286 e. The van der Waals surface area contributed by atoms with Crippen molar-refractivity contribution in [2.45, 2.75) is 18.8 Å². The van der Waals surface area contributed by atoms with Crippen LogP contribution in [0.4, 0.5) is 5.69 Å². The zero-order chi connectivity index (χ0) is 23.2. The van der Waals surface area contributed by atoms with Gasteiger partial charge in [0.15, 0.2) is 0 Å². The van der Waals surface area contributed by atoms with Crippen LogP contribution in [0.5, 0.6) is 0 Å². The van der Waals surface area contributed by atoms with Crippen LogP contribution in [0.25, 0.3) is 5.70 Å². The second-order valence-electron chi connectivity index (χ2n) is 6.73. The van der Waals surface area contributed by atoms with E-state index in [0.29, 0.717) is 31.1 Å². The third-order valence-electron chi connectivity index (χ3n) is 4.37. The largest absolute Gasteiger partial charge is 0.481 e. The number of aliphatic hydroxyl groups excluding tert-OH is 2. The van der Waals surface area contributed by atoms with E-state index in [4.69, 9.17) is 27.4 Å². The van der Waals surface area contributed by atoms with Gasteiger partial charge in [0.05, 0.1) is 12.8 Å². The van der Waals surface area contributed by atoms with Crippen molar-refractivity contribution in [1.82, 2.24) is 14.7 Å². The van der Waals surface area contributed by atoms with Gasteiger partial charge >= 0.3 is 0 Å². The summed E-state index contributed by atoms with van der Waals surface area (Å²) in [5.74, 6) is -0.782. The Morgan fingerprint density at radius 2 is 1.78 bits per heavy atom. The van der Waals surface area contributed by atoms with Crippen molar-refractivity contribution in [3.05, 3.63) is 66.5 Å². The molecule has 0 fully saturated rings. The van der Waals surface area contributed by atoms with Crippen LogP contribution >= 0.6 is 11.8 Å². The van der Waals surface area contributed by atoms with Crippen molar-refractivity contribution in [1.29, 1.82) is 0 Å². The summed E-state index contributed by atoms with van der Waals surface area (Å²) in [6.45, 7) is 1.36. The summed E-state index contributed by atoms with van der Waals surface area (Å²) in [4.78, 5) is 8.71. The third-order valence-corrected chi connectivity index (χ3v) is 4.80. The molecule has 0 bridgehead atoms. The highest BCUT2D eigenvalue weighted by Crippen LogP contribution is 2.34. The standard InChI is InChI=1S/C19H22ClN5O2.C3H9NO/c1-27-18-14-17(15-8-11-21-12-9-15)25(20)19(24-18,22-10-5-13-26)23-16-6-3-2-4-7-16;4-2-1-3-5/h2-4,6-9,11-12,14,22-23,26H,5,10,13H2,1H3;5H,1-4H2. The van der Waals surface area contributed by atoms with Crippen molar-refractivity contribution in [2.24, 2.45) is 10.7 Å². The molecule has 2 aromatic rings. The number of anilines is 1. The van der Waals surface area contributed by atoms with E-state index in [1.807, 2.05) is 42.5 Å². The van der Waals surface area contributed by atoms with Crippen LogP contribution in [-0.4, -0.2) is 64.8 Å². The maximum atomic E-state index is 9.18. The van der Waals surface area contributed by atoms with E-state index in [1.165, 1.54) is 4.42 Å². The molecule has 1 aromatic carbocycles. The van der Waals surface area contributed by atoms with Crippen molar-refractivity contribution >= 4 is 29.1 Å². The van der Waals surface area contributed by atoms with Crippen molar-refractivity contribution in [2.75, 3.05) is 38.7 Å². The first-order chi connectivity index (χ1) is 15.6. The minimum absolute atomic E-state index is 0.0601. The van der Waals surface area contributed by atoms with Crippen LogP contribution in [0.1, 0.15) is 18.4 Å². The van der Waals surface area contributed by atoms with Crippen molar-refractivity contribution in [3.8, 4) is 0 Å². The third kappa shape index (κ3) is 7.18. The topological polar surface area (TPSA) is 128 Å². The number of aromatic nitrogens is 1. The second-order valence-corrected chi connectivity index (χ2v) is 7.07. The number of ether oxygens (including phenoxy) is 1. The normalized spacial score (nSPS) is 17.6. The zero-order valence-electron chi connectivity index (χ0n) is 18.1. The summed E-state index contributed by atoms with van der Waals surface area (Å²) in [7, 11) is 1.56. The Hall–Kier alpha value is -2.69. The quantitative estimate of drug-likeness (QED) is 0.217. The van der Waals surface area contributed by atoms with Crippen molar-refractivity contribution in [3.63, 3.8) is 0 Å². The van der Waals surface area contributed by atoms with E-state index in [1.54, 1.807) is 25.6 Å². The number of nitrogens with zero attached hydrogens (tertiary/aromatic N) is 3. The van der Waals surface area contributed by atoms with Gasteiger partial charge in [0.2, 0.25) is 5.90 Å². The number of aliphatic hydroxyl groups is 2. The SMILES string of the molecule is COC1=NC(NCCCO)(Nc2ccccc2)N(Cl)C(c2ccncc2)=C1.NCCCO. The van der Waals surface area contributed by atoms with Crippen molar-refractivity contribution < 1.29 is 14.9 Å². The summed E-state index contributed by atoms with van der Waals surface area (Å²) in [5, 5.41) is 23.8. The Kier molecular flexibility index (Phi) is 10.9. The van der Waals surface area contributed by atoms with Gasteiger partial charge in [-0.15, -0.1) is 0 Å². The van der Waals surface area contributed by atoms with Gasteiger partial charge in [0, 0.05) is 61.3 Å². The van der Waals surface area contributed by atoms with Gasteiger partial charge in [0.1, 0.15) is 0 Å². The lowest BCUT2D eigenvalue weighted by Gasteiger charge is -2.42. The Bertz CT molecular complexity index is 851. The number of halogens is 1. The Balaban J connectivity index is 0.000000654. The Morgan fingerprint density at radius 3 is 2.34 bits per heavy atom. The molecule has 1 aliphatic heterocycles. The van der Waals surface area contributed by atoms with Crippen LogP contribution in [0.15, 0.2) is 65.9 Å². The first-order valence-corrected chi connectivity index (χ1v) is 10.7. The number of pyridine rings is 1. The van der Waals surface area contributed by atoms with Gasteiger partial charge < -0.3 is 26.0 Å². The molecule has 9 nitrogen and oxygen atoms in total. The number of para-hydroxylation sites is 1. The summed E-state index contributed by atoms with van der Waals surface area (Å²) < 4.78 is 6.93. The first-order valence-electron chi connectivity index (χ1n) is 10.3. The molecule has 2 heterocycles. The summed E-state index contributed by atoms with van der Waals surface area (Å²) >= 11 is 6.79. The number of rotatable bonds is 9. The highest BCUT2D eigenvalue weighted by molar-refractivity contribution is 6.20. The number of nitrogens with two attached hydrogens (primary N) is 1. The average molecular weight is 463 g/mol. The maximum Gasteiger partial charge on any atom is 0.286 e. The van der Waals surface area contributed by atoms with Gasteiger partial charge in [0.25, 0.3) is 5.91 Å². The molecule has 1 aliphatic rings. The predicted molar refractivity (Wildman–Crippen MR) is 128 cm³/mol. The highest BCUT2D eigenvalue weighted by atomic mass is 35.5. The van der Waals surface area contributed by atoms with Crippen LogP contribution < -0.4 is 16.4 Å². The minimum Gasteiger partial charge on any atom is -0.481 e. The van der Waals surface area contributed by atoms with Gasteiger partial charge in [-0.25, -0.2) is 4.42 Å². The molecular formula is C22H31ClN6O3. The molecule has 1 unspecified atom stereocenters. The molecule has 1 aromatic heterocycles. The predicted octanol–water partition coefficient (Wildman–Crippen LogP) is 1.96. The van der Waals surface area contributed by atoms with E-state index in [0.717, 1.165) is 17.7 Å². The summed E-state index contributed by atoms with van der Waals surface area (Å²) in [6, 6.07) is 13.3. The summed E-state index contributed by atoms with van der Waals surface area (Å²) in [6.07, 6.45) is 6.44. The maximum absolute atomic E-state index is 9.18. The lowest BCUT2D eigenvalue weighted by molar-refractivity contribution is 0.219. The van der Waals surface area contributed by atoms with Crippen LogP contribution in [0, 0.1) is 0 Å². The van der Waals surface area contributed by atoms with E-state index in [9.17, 15) is 5.11 Å². The fraction of sp³-hybridized carbons (Fsp3) is 0.364. The molecule has 0 spiro atoms. The fourth-order valence-electron chi connectivity index (χ4n) is 2.79. The Morgan fingerprint density at radius 1 is 1.09 bits per heavy atom. The number of aliphatic imine (C=N–C) groups is 1. The molecule has 0 saturated carbocycles. The second kappa shape index (κ2) is 13.7. The molecular weight excluding hydrogens is 432 g/mol. The van der Waals surface area contributed by atoms with E-state index in [2.05, 4.69) is 20.6 Å². The zero-order valence-corrected chi connectivity index (χ0v) is 18.9. The summed E-state index contributed by atoms with van der Waals surface area (Å²) in [5.41, 5.74) is 7.38. The molecule has 3 rings (SSSR count). The molecule has 1 atom stereocenters. The fourth-order valence-corrected chi connectivity index (χ4v) is 3.08. The number of hydrogen-bond acceptors (Lipinski definition) is 9. The lowest BCUT2D eigenvalue weighted by Crippen LogP contribution is -2.61.